The van der Waals surface area contributed by atoms with E-state index in [9.17, 15) is 4.79 Å². The molecule has 1 atom stereocenters. The average Bonchev–Trinajstić information content (AvgIpc) is 3.24. The molecule has 0 aliphatic carbocycles. The van der Waals surface area contributed by atoms with Crippen molar-refractivity contribution in [3.8, 4) is 5.75 Å². The normalized spacial score (nSPS) is 18.9. The number of ether oxygens (including phenoxy) is 1. The summed E-state index contributed by atoms with van der Waals surface area (Å²) in [7, 11) is 0. The zero-order valence-electron chi connectivity index (χ0n) is 13.4. The molecule has 24 heavy (non-hydrogen) atoms. The maximum Gasteiger partial charge on any atom is 0.324 e. The van der Waals surface area contributed by atoms with Crippen molar-refractivity contribution in [3.63, 3.8) is 0 Å². The Morgan fingerprint density at radius 1 is 1.33 bits per heavy atom. The summed E-state index contributed by atoms with van der Waals surface area (Å²) < 4.78 is 5.70. The number of anilines is 1. The van der Waals surface area contributed by atoms with Crippen molar-refractivity contribution in [2.45, 2.75) is 12.5 Å². The molecule has 2 aliphatic heterocycles. The lowest BCUT2D eigenvalue weighted by Crippen LogP contribution is -2.47. The summed E-state index contributed by atoms with van der Waals surface area (Å²) in [5, 5.41) is 7.35. The molecule has 1 fully saturated rings. The first-order valence-electron chi connectivity index (χ1n) is 8.17. The number of hydrogen-bond donors (Lipinski definition) is 1. The van der Waals surface area contributed by atoms with Crippen molar-refractivity contribution in [1.29, 1.82) is 0 Å². The molecule has 1 aromatic heterocycles. The quantitative estimate of drug-likeness (QED) is 0.857. The molecule has 1 unspecified atom stereocenters. The van der Waals surface area contributed by atoms with Crippen LogP contribution in [0.1, 0.15) is 17.2 Å². The Morgan fingerprint density at radius 3 is 2.88 bits per heavy atom. The molecule has 0 radical (unpaired) electrons. The van der Waals surface area contributed by atoms with Crippen molar-refractivity contribution in [3.05, 3.63) is 51.6 Å². The van der Waals surface area contributed by atoms with Gasteiger partial charge >= 0.3 is 4.87 Å². The van der Waals surface area contributed by atoms with Crippen LogP contribution in [-0.2, 0) is 6.42 Å². The average molecular weight is 344 g/mol. The SMILES string of the molecule is C=CC(c1ccc2c(c1)OCC2)N1CCN(c2n[nH]c(=O)s2)CC1. The molecule has 126 valence electrons. The second-order valence-corrected chi connectivity index (χ2v) is 7.00. The van der Waals surface area contributed by atoms with Crippen molar-refractivity contribution >= 4 is 16.5 Å². The third-order valence-electron chi connectivity index (χ3n) is 4.69. The first-order chi connectivity index (χ1) is 11.7. The molecule has 1 aromatic carbocycles. The predicted molar refractivity (Wildman–Crippen MR) is 95.1 cm³/mol. The second-order valence-electron chi connectivity index (χ2n) is 6.06. The van der Waals surface area contributed by atoms with Crippen LogP contribution in [0.2, 0.25) is 0 Å². The van der Waals surface area contributed by atoms with Gasteiger partial charge < -0.3 is 9.64 Å². The fourth-order valence-electron chi connectivity index (χ4n) is 3.41. The van der Waals surface area contributed by atoms with Gasteiger partial charge in [0.15, 0.2) is 0 Å². The lowest BCUT2D eigenvalue weighted by atomic mass is 10.0. The number of rotatable bonds is 4. The van der Waals surface area contributed by atoms with Crippen LogP contribution < -0.4 is 14.5 Å². The summed E-state index contributed by atoms with van der Waals surface area (Å²) in [6, 6.07) is 6.69. The Morgan fingerprint density at radius 2 is 2.17 bits per heavy atom. The molecule has 0 saturated carbocycles. The number of benzene rings is 1. The highest BCUT2D eigenvalue weighted by molar-refractivity contribution is 7.12. The van der Waals surface area contributed by atoms with Gasteiger partial charge in [-0.1, -0.05) is 18.2 Å². The predicted octanol–water partition coefficient (Wildman–Crippen LogP) is 1.82. The topological polar surface area (TPSA) is 61.5 Å². The van der Waals surface area contributed by atoms with Crippen molar-refractivity contribution < 1.29 is 4.74 Å². The molecule has 2 aliphatic rings. The number of nitrogens with zero attached hydrogens (tertiary/aromatic N) is 3. The maximum atomic E-state index is 11.3. The smallest absolute Gasteiger partial charge is 0.324 e. The molecule has 3 heterocycles. The number of H-pyrrole nitrogens is 1. The van der Waals surface area contributed by atoms with E-state index < -0.39 is 0 Å². The molecule has 1 saturated heterocycles. The van der Waals surface area contributed by atoms with Gasteiger partial charge in [0.05, 0.1) is 12.6 Å². The summed E-state index contributed by atoms with van der Waals surface area (Å²) in [4.78, 5) is 15.7. The minimum Gasteiger partial charge on any atom is -0.493 e. The van der Waals surface area contributed by atoms with Crippen LogP contribution in [0.25, 0.3) is 0 Å². The summed E-state index contributed by atoms with van der Waals surface area (Å²) in [6.45, 7) is 8.33. The van der Waals surface area contributed by atoms with E-state index >= 15 is 0 Å². The molecular weight excluding hydrogens is 324 g/mol. The molecular formula is C17H20N4O2S. The number of piperazine rings is 1. The standard InChI is InChI=1S/C17H20N4O2S/c1-2-14(13-4-3-12-5-10-23-15(12)11-13)20-6-8-21(9-7-20)16-18-19-17(22)24-16/h2-4,11,14H,1,5-10H2,(H,19,22). The Balaban J connectivity index is 1.47. The van der Waals surface area contributed by atoms with Crippen LogP contribution in [-0.4, -0.2) is 47.9 Å². The van der Waals surface area contributed by atoms with E-state index in [-0.39, 0.29) is 10.9 Å². The van der Waals surface area contributed by atoms with Gasteiger partial charge in [-0.3, -0.25) is 9.69 Å². The summed E-state index contributed by atoms with van der Waals surface area (Å²) in [5.41, 5.74) is 2.52. The van der Waals surface area contributed by atoms with Crippen molar-refractivity contribution in [1.82, 2.24) is 15.1 Å². The van der Waals surface area contributed by atoms with Gasteiger partial charge in [0.25, 0.3) is 0 Å². The summed E-state index contributed by atoms with van der Waals surface area (Å²) in [6.07, 6.45) is 3.00. The first-order valence-corrected chi connectivity index (χ1v) is 8.99. The van der Waals surface area contributed by atoms with Gasteiger partial charge in [-0.2, -0.15) is 0 Å². The molecule has 1 N–H and O–H groups in total. The largest absolute Gasteiger partial charge is 0.493 e. The fourth-order valence-corrected chi connectivity index (χ4v) is 4.07. The van der Waals surface area contributed by atoms with E-state index in [1.54, 1.807) is 0 Å². The maximum absolute atomic E-state index is 11.3. The number of fused-ring (bicyclic) bond motifs is 1. The zero-order valence-corrected chi connectivity index (χ0v) is 14.2. The van der Waals surface area contributed by atoms with Crippen LogP contribution in [0, 0.1) is 0 Å². The van der Waals surface area contributed by atoms with Gasteiger partial charge in [-0.25, -0.2) is 5.10 Å². The Hall–Kier alpha value is -2.12. The summed E-state index contributed by atoms with van der Waals surface area (Å²) >= 11 is 1.17. The lowest BCUT2D eigenvalue weighted by molar-refractivity contribution is 0.217. The van der Waals surface area contributed by atoms with Gasteiger partial charge in [-0.15, -0.1) is 11.7 Å². The highest BCUT2D eigenvalue weighted by Crippen LogP contribution is 2.32. The summed E-state index contributed by atoms with van der Waals surface area (Å²) in [5.74, 6) is 1.01. The number of hydrogen-bond acceptors (Lipinski definition) is 6. The molecule has 6 nitrogen and oxygen atoms in total. The third kappa shape index (κ3) is 2.85. The fraction of sp³-hybridized carbons (Fsp3) is 0.412. The van der Waals surface area contributed by atoms with Crippen LogP contribution in [0.15, 0.2) is 35.6 Å². The van der Waals surface area contributed by atoms with Crippen molar-refractivity contribution in [2.75, 3.05) is 37.7 Å². The van der Waals surface area contributed by atoms with Crippen LogP contribution in [0.3, 0.4) is 0 Å². The molecule has 4 rings (SSSR count). The Bertz CT molecular complexity index is 792. The first kappa shape index (κ1) is 15.4. The molecule has 2 aromatic rings. The van der Waals surface area contributed by atoms with E-state index in [1.807, 2.05) is 6.08 Å². The highest BCUT2D eigenvalue weighted by Gasteiger charge is 2.25. The Kier molecular flexibility index (Phi) is 4.12. The second kappa shape index (κ2) is 6.41. The van der Waals surface area contributed by atoms with Crippen LogP contribution >= 0.6 is 11.3 Å². The molecule has 0 bridgehead atoms. The van der Waals surface area contributed by atoms with Gasteiger partial charge in [0, 0.05) is 32.6 Å². The molecule has 0 amide bonds. The van der Waals surface area contributed by atoms with E-state index in [1.165, 1.54) is 22.5 Å². The number of aromatic nitrogens is 2. The van der Waals surface area contributed by atoms with Gasteiger partial charge in [0.1, 0.15) is 5.75 Å². The lowest BCUT2D eigenvalue weighted by Gasteiger charge is -2.38. The number of nitrogens with one attached hydrogen (secondary N) is 1. The minimum atomic E-state index is -0.102. The minimum absolute atomic E-state index is 0.102. The Labute approximate surface area is 144 Å². The highest BCUT2D eigenvalue weighted by atomic mass is 32.1. The monoisotopic (exact) mass is 344 g/mol. The van der Waals surface area contributed by atoms with Gasteiger partial charge in [-0.05, 0) is 28.5 Å². The van der Waals surface area contributed by atoms with Crippen LogP contribution in [0.4, 0.5) is 5.13 Å². The van der Waals surface area contributed by atoms with E-state index in [4.69, 9.17) is 4.74 Å². The van der Waals surface area contributed by atoms with Crippen LogP contribution in [0.5, 0.6) is 5.75 Å². The zero-order chi connectivity index (χ0) is 16.5. The van der Waals surface area contributed by atoms with E-state index in [0.29, 0.717) is 0 Å². The van der Waals surface area contributed by atoms with E-state index in [2.05, 4.69) is 44.8 Å². The van der Waals surface area contributed by atoms with Gasteiger partial charge in [0.2, 0.25) is 5.13 Å². The van der Waals surface area contributed by atoms with E-state index in [0.717, 1.165) is 50.1 Å². The third-order valence-corrected chi connectivity index (χ3v) is 5.50. The molecule has 7 heteroatoms. The number of aromatic amines is 1. The van der Waals surface area contributed by atoms with Crippen molar-refractivity contribution in [2.24, 2.45) is 0 Å². The molecule has 0 spiro atoms.